The van der Waals surface area contributed by atoms with Crippen LogP contribution < -0.4 is 5.32 Å². The lowest BCUT2D eigenvalue weighted by Gasteiger charge is -2.19. The highest BCUT2D eigenvalue weighted by Gasteiger charge is 2.21. The van der Waals surface area contributed by atoms with E-state index in [0.29, 0.717) is 18.1 Å². The highest BCUT2D eigenvalue weighted by atomic mass is 32.1. The third kappa shape index (κ3) is 3.13. The summed E-state index contributed by atoms with van der Waals surface area (Å²) in [7, 11) is 0. The van der Waals surface area contributed by atoms with E-state index in [1.807, 2.05) is 31.3 Å². The van der Waals surface area contributed by atoms with Crippen molar-refractivity contribution < 1.29 is 4.52 Å². The molecule has 0 spiro atoms. The second-order valence-corrected chi connectivity index (χ2v) is 7.85. The van der Waals surface area contributed by atoms with Gasteiger partial charge in [-0.2, -0.15) is 4.98 Å². The number of rotatable bonds is 4. The number of nitrogens with one attached hydrogen (secondary N) is 1. The van der Waals surface area contributed by atoms with Crippen molar-refractivity contribution in [1.29, 1.82) is 0 Å². The molecule has 0 unspecified atom stereocenters. The van der Waals surface area contributed by atoms with Gasteiger partial charge in [0.15, 0.2) is 0 Å². The lowest BCUT2D eigenvalue weighted by Crippen LogP contribution is -2.24. The normalized spacial score (nSPS) is 13.8. The minimum atomic E-state index is 0.648. The zero-order valence-corrected chi connectivity index (χ0v) is 15.8. The number of benzene rings is 1. The molecule has 0 fully saturated rings. The Hall–Kier alpha value is -2.64. The van der Waals surface area contributed by atoms with Crippen molar-refractivity contribution in [1.82, 2.24) is 25.4 Å². The molecular weight excluding hydrogens is 358 g/mol. The maximum Gasteiger partial charge on any atom is 0.227 e. The van der Waals surface area contributed by atoms with Crippen LogP contribution in [-0.4, -0.2) is 26.7 Å². The molecule has 0 saturated heterocycles. The Labute approximate surface area is 160 Å². The predicted octanol–water partition coefficient (Wildman–Crippen LogP) is 3.48. The maximum atomic E-state index is 5.53. The molecule has 1 aliphatic heterocycles. The van der Waals surface area contributed by atoms with Gasteiger partial charge in [0.25, 0.3) is 0 Å². The van der Waals surface area contributed by atoms with Gasteiger partial charge in [0.1, 0.15) is 0 Å². The SMILES string of the molecule is Cc1ncc2c(c1-c1noc(CCc3nc4ccccc4s3)n1)CCNC2. The number of aryl methyl sites for hydroxylation is 3. The summed E-state index contributed by atoms with van der Waals surface area (Å²) in [6.07, 6.45) is 4.41. The third-order valence-corrected chi connectivity index (χ3v) is 6.01. The Kier molecular flexibility index (Phi) is 4.18. The Bertz CT molecular complexity index is 1080. The number of nitrogens with zero attached hydrogens (tertiary/aromatic N) is 4. The molecule has 0 radical (unpaired) electrons. The molecule has 0 atom stereocenters. The zero-order valence-electron chi connectivity index (χ0n) is 15.0. The van der Waals surface area contributed by atoms with Crippen LogP contribution in [-0.2, 0) is 25.8 Å². The van der Waals surface area contributed by atoms with E-state index in [1.54, 1.807) is 11.3 Å². The highest BCUT2D eigenvalue weighted by Crippen LogP contribution is 2.29. The molecule has 0 aliphatic carbocycles. The van der Waals surface area contributed by atoms with Gasteiger partial charge in [0.2, 0.25) is 11.7 Å². The van der Waals surface area contributed by atoms with E-state index >= 15 is 0 Å². The van der Waals surface area contributed by atoms with Crippen molar-refractivity contribution in [3.8, 4) is 11.4 Å². The molecule has 3 aromatic heterocycles. The summed E-state index contributed by atoms with van der Waals surface area (Å²) in [4.78, 5) is 13.9. The van der Waals surface area contributed by atoms with Gasteiger partial charge in [-0.1, -0.05) is 17.3 Å². The second-order valence-electron chi connectivity index (χ2n) is 6.74. The minimum absolute atomic E-state index is 0.648. The monoisotopic (exact) mass is 377 g/mol. The molecule has 4 aromatic rings. The van der Waals surface area contributed by atoms with Gasteiger partial charge in [0, 0.05) is 36.8 Å². The lowest BCUT2D eigenvalue weighted by atomic mass is 9.95. The molecule has 1 aliphatic rings. The molecule has 0 bridgehead atoms. The first kappa shape index (κ1) is 16.5. The largest absolute Gasteiger partial charge is 0.339 e. The molecular formula is C20H19N5OS. The van der Waals surface area contributed by atoms with Crippen LogP contribution in [0.5, 0.6) is 0 Å². The maximum absolute atomic E-state index is 5.53. The van der Waals surface area contributed by atoms with E-state index < -0.39 is 0 Å². The van der Waals surface area contributed by atoms with E-state index in [0.717, 1.165) is 47.7 Å². The van der Waals surface area contributed by atoms with Crippen LogP contribution >= 0.6 is 11.3 Å². The molecule has 5 rings (SSSR count). The van der Waals surface area contributed by atoms with Crippen LogP contribution in [0.1, 0.15) is 27.7 Å². The molecule has 27 heavy (non-hydrogen) atoms. The van der Waals surface area contributed by atoms with Gasteiger partial charge in [0.05, 0.1) is 15.2 Å². The smallest absolute Gasteiger partial charge is 0.227 e. The van der Waals surface area contributed by atoms with Gasteiger partial charge in [-0.25, -0.2) is 4.98 Å². The number of hydrogen-bond donors (Lipinski definition) is 1. The summed E-state index contributed by atoms with van der Waals surface area (Å²) >= 11 is 1.72. The summed E-state index contributed by atoms with van der Waals surface area (Å²) in [6.45, 7) is 3.82. The van der Waals surface area contributed by atoms with Crippen molar-refractivity contribution in [2.24, 2.45) is 0 Å². The first-order valence-corrected chi connectivity index (χ1v) is 9.95. The lowest BCUT2D eigenvalue weighted by molar-refractivity contribution is 0.378. The molecule has 6 nitrogen and oxygen atoms in total. The van der Waals surface area contributed by atoms with E-state index in [-0.39, 0.29) is 0 Å². The fourth-order valence-corrected chi connectivity index (χ4v) is 4.53. The zero-order chi connectivity index (χ0) is 18.2. The molecule has 1 N–H and O–H groups in total. The summed E-state index contributed by atoms with van der Waals surface area (Å²) in [5, 5.41) is 8.72. The highest BCUT2D eigenvalue weighted by molar-refractivity contribution is 7.18. The van der Waals surface area contributed by atoms with Crippen LogP contribution in [0.3, 0.4) is 0 Å². The van der Waals surface area contributed by atoms with Gasteiger partial charge >= 0.3 is 0 Å². The van der Waals surface area contributed by atoms with Crippen LogP contribution in [0.15, 0.2) is 35.0 Å². The summed E-state index contributed by atoms with van der Waals surface area (Å²) in [6, 6.07) is 8.21. The number of thiazole rings is 1. The van der Waals surface area contributed by atoms with Gasteiger partial charge in [-0.15, -0.1) is 11.3 Å². The van der Waals surface area contributed by atoms with Gasteiger partial charge in [-0.05, 0) is 43.1 Å². The molecule has 0 amide bonds. The average molecular weight is 377 g/mol. The first-order valence-electron chi connectivity index (χ1n) is 9.13. The molecule has 1 aromatic carbocycles. The van der Waals surface area contributed by atoms with E-state index in [4.69, 9.17) is 4.52 Å². The van der Waals surface area contributed by atoms with Crippen molar-refractivity contribution in [3.63, 3.8) is 0 Å². The van der Waals surface area contributed by atoms with Crippen LogP contribution in [0, 0.1) is 6.92 Å². The Morgan fingerprint density at radius 1 is 1.19 bits per heavy atom. The van der Waals surface area contributed by atoms with Crippen molar-refractivity contribution in [2.75, 3.05) is 6.54 Å². The summed E-state index contributed by atoms with van der Waals surface area (Å²) in [5.41, 5.74) is 5.55. The van der Waals surface area contributed by atoms with E-state index in [9.17, 15) is 0 Å². The minimum Gasteiger partial charge on any atom is -0.339 e. The Balaban J connectivity index is 1.39. The molecule has 136 valence electrons. The Morgan fingerprint density at radius 2 is 2.11 bits per heavy atom. The number of aromatic nitrogens is 4. The van der Waals surface area contributed by atoms with Crippen molar-refractivity contribution in [3.05, 3.63) is 58.2 Å². The molecule has 0 saturated carbocycles. The van der Waals surface area contributed by atoms with Crippen molar-refractivity contribution >= 4 is 21.6 Å². The molecule has 7 heteroatoms. The quantitative estimate of drug-likeness (QED) is 0.587. The van der Waals surface area contributed by atoms with E-state index in [2.05, 4.69) is 31.5 Å². The fraction of sp³-hybridized carbons (Fsp3) is 0.300. The van der Waals surface area contributed by atoms with Crippen LogP contribution in [0.2, 0.25) is 0 Å². The number of para-hydroxylation sites is 1. The Morgan fingerprint density at radius 3 is 3.04 bits per heavy atom. The summed E-state index contributed by atoms with van der Waals surface area (Å²) < 4.78 is 6.75. The summed E-state index contributed by atoms with van der Waals surface area (Å²) in [5.74, 6) is 1.30. The van der Waals surface area contributed by atoms with Gasteiger partial charge < -0.3 is 9.84 Å². The fourth-order valence-electron chi connectivity index (χ4n) is 3.57. The third-order valence-electron chi connectivity index (χ3n) is 4.92. The van der Waals surface area contributed by atoms with Crippen LogP contribution in [0.25, 0.3) is 21.6 Å². The number of pyridine rings is 1. The van der Waals surface area contributed by atoms with Gasteiger partial charge in [-0.3, -0.25) is 4.98 Å². The van der Waals surface area contributed by atoms with E-state index in [1.165, 1.54) is 15.8 Å². The topological polar surface area (TPSA) is 76.7 Å². The second kappa shape index (κ2) is 6.83. The number of fused-ring (bicyclic) bond motifs is 2. The number of hydrogen-bond acceptors (Lipinski definition) is 7. The standard InChI is InChI=1S/C20H19N5OS/c1-12-19(14-8-9-21-10-13(14)11-22-12)20-24-17(26-25-20)6-7-18-23-15-4-2-3-5-16(15)27-18/h2-5,11,21H,6-10H2,1H3. The predicted molar refractivity (Wildman–Crippen MR) is 105 cm³/mol. The van der Waals surface area contributed by atoms with Crippen LogP contribution in [0.4, 0.5) is 0 Å². The van der Waals surface area contributed by atoms with Crippen molar-refractivity contribution in [2.45, 2.75) is 32.7 Å². The molecule has 4 heterocycles. The first-order chi connectivity index (χ1) is 13.3. The average Bonchev–Trinajstić information content (AvgIpc) is 3.32.